The van der Waals surface area contributed by atoms with Crippen LogP contribution < -0.4 is 5.73 Å². The SMILES string of the molecule is CCCS(=O)(=O)CCn1nnc(C(=O)O)c1CN. The molecule has 0 unspecified atom stereocenters. The molecule has 8 nitrogen and oxygen atoms in total. The number of sulfone groups is 1. The van der Waals surface area contributed by atoms with Gasteiger partial charge < -0.3 is 10.8 Å². The summed E-state index contributed by atoms with van der Waals surface area (Å²) in [5, 5.41) is 15.9. The number of nitrogens with two attached hydrogens (primary N) is 1. The molecule has 0 aliphatic carbocycles. The first-order chi connectivity index (χ1) is 8.41. The van der Waals surface area contributed by atoms with E-state index in [1.165, 1.54) is 4.68 Å². The molecule has 0 amide bonds. The Balaban J connectivity index is 2.83. The fraction of sp³-hybridized carbons (Fsp3) is 0.667. The van der Waals surface area contributed by atoms with Crippen LogP contribution in [-0.4, -0.2) is 46.0 Å². The minimum atomic E-state index is -3.14. The van der Waals surface area contributed by atoms with Crippen LogP contribution in [0, 0.1) is 0 Å². The van der Waals surface area contributed by atoms with E-state index in [4.69, 9.17) is 10.8 Å². The topological polar surface area (TPSA) is 128 Å². The van der Waals surface area contributed by atoms with Crippen molar-refractivity contribution in [2.24, 2.45) is 5.73 Å². The second-order valence-electron chi connectivity index (χ2n) is 3.77. The first-order valence-electron chi connectivity index (χ1n) is 5.47. The quantitative estimate of drug-likeness (QED) is 0.671. The van der Waals surface area contributed by atoms with Gasteiger partial charge in [-0.3, -0.25) is 0 Å². The van der Waals surface area contributed by atoms with E-state index >= 15 is 0 Å². The highest BCUT2D eigenvalue weighted by atomic mass is 32.2. The Morgan fingerprint density at radius 1 is 1.44 bits per heavy atom. The van der Waals surface area contributed by atoms with Gasteiger partial charge in [-0.25, -0.2) is 17.9 Å². The van der Waals surface area contributed by atoms with Gasteiger partial charge in [-0.1, -0.05) is 12.1 Å². The highest BCUT2D eigenvalue weighted by Crippen LogP contribution is 2.05. The molecule has 0 spiro atoms. The lowest BCUT2D eigenvalue weighted by molar-refractivity contribution is 0.0689. The number of hydrogen-bond acceptors (Lipinski definition) is 6. The second-order valence-corrected chi connectivity index (χ2v) is 6.07. The Morgan fingerprint density at radius 2 is 2.11 bits per heavy atom. The first-order valence-corrected chi connectivity index (χ1v) is 7.29. The van der Waals surface area contributed by atoms with Crippen molar-refractivity contribution in [1.29, 1.82) is 0 Å². The Bertz CT molecular complexity index is 523. The highest BCUT2D eigenvalue weighted by Gasteiger charge is 2.19. The van der Waals surface area contributed by atoms with Gasteiger partial charge in [0.05, 0.1) is 18.0 Å². The lowest BCUT2D eigenvalue weighted by atomic mass is 10.3. The van der Waals surface area contributed by atoms with Gasteiger partial charge in [0.25, 0.3) is 0 Å². The van der Waals surface area contributed by atoms with Crippen molar-refractivity contribution in [2.45, 2.75) is 26.4 Å². The zero-order valence-electron chi connectivity index (χ0n) is 10.0. The Labute approximate surface area is 105 Å². The molecule has 3 N–H and O–H groups in total. The number of nitrogens with zero attached hydrogens (tertiary/aromatic N) is 3. The summed E-state index contributed by atoms with van der Waals surface area (Å²) in [6.07, 6.45) is 0.545. The van der Waals surface area contributed by atoms with E-state index in [-0.39, 0.29) is 36.0 Å². The minimum absolute atomic E-state index is 0.0531. The van der Waals surface area contributed by atoms with Gasteiger partial charge in [0.1, 0.15) is 0 Å². The molecule has 0 bridgehead atoms. The molecule has 1 aromatic heterocycles. The molecule has 1 rings (SSSR count). The predicted molar refractivity (Wildman–Crippen MR) is 63.8 cm³/mol. The molecule has 0 fully saturated rings. The number of aryl methyl sites for hydroxylation is 1. The van der Waals surface area contributed by atoms with E-state index < -0.39 is 15.8 Å². The van der Waals surface area contributed by atoms with Crippen LogP contribution in [0.25, 0.3) is 0 Å². The van der Waals surface area contributed by atoms with Crippen molar-refractivity contribution in [1.82, 2.24) is 15.0 Å². The summed E-state index contributed by atoms with van der Waals surface area (Å²) in [6, 6.07) is 0. The number of aromatic carboxylic acids is 1. The molecule has 0 saturated heterocycles. The lowest BCUT2D eigenvalue weighted by Gasteiger charge is -2.05. The molecule has 0 radical (unpaired) electrons. The maximum absolute atomic E-state index is 11.5. The summed E-state index contributed by atoms with van der Waals surface area (Å²) < 4.78 is 24.3. The fourth-order valence-corrected chi connectivity index (χ4v) is 2.80. The number of carboxylic acid groups (broad SMARTS) is 1. The maximum Gasteiger partial charge on any atom is 0.358 e. The molecule has 102 valence electrons. The van der Waals surface area contributed by atoms with Gasteiger partial charge in [0, 0.05) is 12.3 Å². The Hall–Kier alpha value is -1.48. The van der Waals surface area contributed by atoms with Crippen molar-refractivity contribution >= 4 is 15.8 Å². The summed E-state index contributed by atoms with van der Waals surface area (Å²) >= 11 is 0. The molecule has 0 atom stereocenters. The van der Waals surface area contributed by atoms with Crippen molar-refractivity contribution in [3.8, 4) is 0 Å². The summed E-state index contributed by atoms with van der Waals surface area (Å²) in [5.74, 6) is -1.22. The molecule has 18 heavy (non-hydrogen) atoms. The molecular weight excluding hydrogens is 260 g/mol. The summed E-state index contributed by atoms with van der Waals surface area (Å²) in [6.45, 7) is 1.79. The van der Waals surface area contributed by atoms with E-state index in [1.54, 1.807) is 6.92 Å². The largest absolute Gasteiger partial charge is 0.476 e. The molecular formula is C9H16N4O4S. The molecule has 9 heteroatoms. The third-order valence-electron chi connectivity index (χ3n) is 2.36. The van der Waals surface area contributed by atoms with Gasteiger partial charge in [-0.05, 0) is 6.42 Å². The van der Waals surface area contributed by atoms with Gasteiger partial charge in [0.2, 0.25) is 0 Å². The third kappa shape index (κ3) is 3.50. The van der Waals surface area contributed by atoms with E-state index in [9.17, 15) is 13.2 Å². The zero-order chi connectivity index (χ0) is 13.8. The van der Waals surface area contributed by atoms with Crippen LogP contribution >= 0.6 is 0 Å². The number of hydrogen-bond donors (Lipinski definition) is 2. The number of carboxylic acids is 1. The van der Waals surface area contributed by atoms with Crippen LogP contribution in [-0.2, 0) is 22.9 Å². The average Bonchev–Trinajstić information content (AvgIpc) is 2.69. The van der Waals surface area contributed by atoms with Crippen LogP contribution in [0.3, 0.4) is 0 Å². The molecule has 0 aliphatic heterocycles. The van der Waals surface area contributed by atoms with Crippen molar-refractivity contribution < 1.29 is 18.3 Å². The van der Waals surface area contributed by atoms with Crippen molar-refractivity contribution in [3.63, 3.8) is 0 Å². The van der Waals surface area contributed by atoms with Crippen molar-refractivity contribution in [2.75, 3.05) is 11.5 Å². The first kappa shape index (κ1) is 14.6. The maximum atomic E-state index is 11.5. The standard InChI is InChI=1S/C9H16N4O4S/c1-2-4-18(16,17)5-3-13-7(6-10)8(9(14)15)11-12-13/h2-6,10H2,1H3,(H,14,15). The second kappa shape index (κ2) is 5.91. The highest BCUT2D eigenvalue weighted by molar-refractivity contribution is 7.91. The summed E-state index contributed by atoms with van der Waals surface area (Å²) in [7, 11) is -3.14. The van der Waals surface area contributed by atoms with Gasteiger partial charge in [-0.2, -0.15) is 0 Å². The van der Waals surface area contributed by atoms with E-state index in [0.717, 1.165) is 0 Å². The van der Waals surface area contributed by atoms with Crippen LogP contribution in [0.15, 0.2) is 0 Å². The van der Waals surface area contributed by atoms with Gasteiger partial charge in [-0.15, -0.1) is 5.10 Å². The molecule has 1 heterocycles. The third-order valence-corrected chi connectivity index (χ3v) is 4.20. The van der Waals surface area contributed by atoms with Crippen LogP contribution in [0.5, 0.6) is 0 Å². The van der Waals surface area contributed by atoms with E-state index in [0.29, 0.717) is 6.42 Å². The van der Waals surface area contributed by atoms with E-state index in [1.807, 2.05) is 0 Å². The van der Waals surface area contributed by atoms with Crippen LogP contribution in [0.2, 0.25) is 0 Å². The van der Waals surface area contributed by atoms with Crippen LogP contribution in [0.4, 0.5) is 0 Å². The van der Waals surface area contributed by atoms with Crippen molar-refractivity contribution in [3.05, 3.63) is 11.4 Å². The molecule has 0 aliphatic rings. The molecule has 1 aromatic rings. The van der Waals surface area contributed by atoms with Crippen LogP contribution in [0.1, 0.15) is 29.5 Å². The smallest absolute Gasteiger partial charge is 0.358 e. The molecule has 0 aromatic carbocycles. The number of aromatic nitrogens is 3. The zero-order valence-corrected chi connectivity index (χ0v) is 10.9. The molecule has 0 saturated carbocycles. The van der Waals surface area contributed by atoms with E-state index in [2.05, 4.69) is 10.3 Å². The number of carbonyl (C=O) groups is 1. The monoisotopic (exact) mass is 276 g/mol. The Kier molecular flexibility index (Phi) is 4.79. The normalized spacial score (nSPS) is 11.7. The van der Waals surface area contributed by atoms with Gasteiger partial charge in [0.15, 0.2) is 15.5 Å². The number of rotatable bonds is 7. The Morgan fingerprint density at radius 3 is 2.61 bits per heavy atom. The van der Waals surface area contributed by atoms with Gasteiger partial charge >= 0.3 is 5.97 Å². The minimum Gasteiger partial charge on any atom is -0.476 e. The lowest BCUT2D eigenvalue weighted by Crippen LogP contribution is -2.19. The summed E-state index contributed by atoms with van der Waals surface area (Å²) in [5.41, 5.74) is 5.42. The average molecular weight is 276 g/mol. The summed E-state index contributed by atoms with van der Waals surface area (Å²) in [4.78, 5) is 10.8. The predicted octanol–water partition coefficient (Wildman–Crippen LogP) is -0.740. The fourth-order valence-electron chi connectivity index (χ4n) is 1.52.